The van der Waals surface area contributed by atoms with Crippen LogP contribution < -0.4 is 9.47 Å². The van der Waals surface area contributed by atoms with Crippen LogP contribution in [0.2, 0.25) is 0 Å². The van der Waals surface area contributed by atoms with Crippen LogP contribution in [0.1, 0.15) is 37.4 Å². The van der Waals surface area contributed by atoms with Gasteiger partial charge in [0.25, 0.3) is 0 Å². The molecule has 0 unspecified atom stereocenters. The van der Waals surface area contributed by atoms with Gasteiger partial charge in [0.2, 0.25) is 11.8 Å². The minimum atomic E-state index is -1.01. The highest BCUT2D eigenvalue weighted by Gasteiger charge is 2.41. The molecule has 2 aliphatic heterocycles. The van der Waals surface area contributed by atoms with E-state index in [1.165, 1.54) is 0 Å². The van der Waals surface area contributed by atoms with Gasteiger partial charge in [-0.05, 0) is 31.5 Å². The molecule has 0 saturated carbocycles. The van der Waals surface area contributed by atoms with Crippen molar-refractivity contribution in [1.82, 2.24) is 9.80 Å². The van der Waals surface area contributed by atoms with Crippen molar-refractivity contribution in [3.05, 3.63) is 59.7 Å². The molecule has 0 radical (unpaired) electrons. The summed E-state index contributed by atoms with van der Waals surface area (Å²) in [4.78, 5) is 30.1. The number of fused-ring (bicyclic) bond motifs is 3. The third-order valence-electron chi connectivity index (χ3n) is 6.25. The Hall–Kier alpha value is -3.06. The van der Waals surface area contributed by atoms with E-state index in [4.69, 9.17) is 9.47 Å². The van der Waals surface area contributed by atoms with E-state index >= 15 is 0 Å². The van der Waals surface area contributed by atoms with Gasteiger partial charge >= 0.3 is 0 Å². The van der Waals surface area contributed by atoms with Gasteiger partial charge in [0, 0.05) is 43.6 Å². The van der Waals surface area contributed by atoms with E-state index in [0.29, 0.717) is 31.2 Å². The monoisotopic (exact) mass is 452 g/mol. The number of hydrogen-bond donors (Lipinski definition) is 1. The molecule has 0 spiro atoms. The number of hydrogen-bond acceptors (Lipinski definition) is 5. The van der Waals surface area contributed by atoms with E-state index in [1.54, 1.807) is 25.9 Å². The van der Waals surface area contributed by atoms with Gasteiger partial charge in [0.1, 0.15) is 11.5 Å². The Bertz CT molecular complexity index is 1000. The lowest BCUT2D eigenvalue weighted by Gasteiger charge is -2.45. The van der Waals surface area contributed by atoms with Crippen LogP contribution in [0, 0.1) is 5.92 Å². The molecule has 2 aliphatic rings. The van der Waals surface area contributed by atoms with Crippen LogP contribution in [0.25, 0.3) is 0 Å². The van der Waals surface area contributed by atoms with Gasteiger partial charge in [-0.2, -0.15) is 0 Å². The first-order chi connectivity index (χ1) is 15.7. The average Bonchev–Trinajstić information content (AvgIpc) is 2.77. The first kappa shape index (κ1) is 23.1. The first-order valence-corrected chi connectivity index (χ1v) is 11.4. The number of β-amino-alcohol motifs (C(OH)–C–C–N with tert-alkyl or cyclic N) is 1. The fourth-order valence-electron chi connectivity index (χ4n) is 4.80. The Morgan fingerprint density at radius 1 is 1.21 bits per heavy atom. The predicted octanol–water partition coefficient (Wildman–Crippen LogP) is 2.82. The largest absolute Gasteiger partial charge is 0.497 e. The molecule has 7 nitrogen and oxygen atoms in total. The van der Waals surface area contributed by atoms with Crippen molar-refractivity contribution >= 4 is 11.8 Å². The maximum absolute atomic E-state index is 13.5. The van der Waals surface area contributed by atoms with E-state index in [1.807, 2.05) is 53.4 Å². The van der Waals surface area contributed by atoms with Gasteiger partial charge < -0.3 is 24.4 Å². The van der Waals surface area contributed by atoms with Gasteiger partial charge in [0.15, 0.2) is 0 Å². The number of ether oxygens (including phenoxy) is 2. The van der Waals surface area contributed by atoms with E-state index in [2.05, 4.69) is 0 Å². The smallest absolute Gasteiger partial charge is 0.227 e. The molecule has 176 valence electrons. The lowest BCUT2D eigenvalue weighted by Crippen LogP contribution is -2.53. The highest BCUT2D eigenvalue weighted by Crippen LogP contribution is 2.42. The molecule has 2 amide bonds. The Kier molecular flexibility index (Phi) is 6.61. The van der Waals surface area contributed by atoms with Crippen molar-refractivity contribution in [1.29, 1.82) is 0 Å². The molecule has 2 aromatic carbocycles. The van der Waals surface area contributed by atoms with Crippen molar-refractivity contribution in [3.8, 4) is 11.5 Å². The molecule has 2 heterocycles. The zero-order valence-electron chi connectivity index (χ0n) is 19.5. The molecule has 0 aromatic heterocycles. The number of methoxy groups -OCH3 is 1. The minimum Gasteiger partial charge on any atom is -0.497 e. The fraction of sp³-hybridized carbons (Fsp3) is 0.462. The lowest BCUT2D eigenvalue weighted by atomic mass is 9.86. The molecule has 0 aliphatic carbocycles. The van der Waals surface area contributed by atoms with Crippen molar-refractivity contribution < 1.29 is 24.2 Å². The van der Waals surface area contributed by atoms with Crippen LogP contribution in [0.15, 0.2) is 48.5 Å². The fourth-order valence-corrected chi connectivity index (χ4v) is 4.80. The van der Waals surface area contributed by atoms with Gasteiger partial charge in [-0.1, -0.05) is 30.3 Å². The van der Waals surface area contributed by atoms with Crippen molar-refractivity contribution in [2.75, 3.05) is 33.4 Å². The normalized spacial score (nSPS) is 20.8. The van der Waals surface area contributed by atoms with Crippen LogP contribution in [-0.4, -0.2) is 65.7 Å². The molecule has 1 fully saturated rings. The third-order valence-corrected chi connectivity index (χ3v) is 6.25. The summed E-state index contributed by atoms with van der Waals surface area (Å²) in [5.41, 5.74) is 0.859. The highest BCUT2D eigenvalue weighted by molar-refractivity contribution is 5.82. The maximum atomic E-state index is 13.5. The molecule has 33 heavy (non-hydrogen) atoms. The number of amides is 2. The number of carbonyl (C=O) groups is 2. The van der Waals surface area contributed by atoms with Crippen molar-refractivity contribution in [2.24, 2.45) is 5.92 Å². The topological polar surface area (TPSA) is 79.3 Å². The second-order valence-electron chi connectivity index (χ2n) is 9.51. The number of aliphatic hydroxyl groups is 1. The number of benzene rings is 2. The Balaban J connectivity index is 1.69. The first-order valence-electron chi connectivity index (χ1n) is 11.4. The van der Waals surface area contributed by atoms with Crippen LogP contribution >= 0.6 is 0 Å². The quantitative estimate of drug-likeness (QED) is 0.755. The summed E-state index contributed by atoms with van der Waals surface area (Å²) in [5.74, 6) is 1.21. The lowest BCUT2D eigenvalue weighted by molar-refractivity contribution is -0.144. The SMILES string of the molecule is COc1ccc2c(c1)OC[C@@H]1CN(CC(C)(C)O)C(=O)CCN(C(=O)Cc3ccccc3)[C@H]21. The standard InChI is InChI=1S/C26H32N2O5/c1-26(2,31)17-27-15-19-16-33-22-14-20(32-3)9-10-21(22)25(19)28(12-11-23(27)29)24(30)13-18-7-5-4-6-8-18/h4-10,14,19,25,31H,11-13,15-17H2,1-3H3/t19-,25-/m0/s1. The van der Waals surface area contributed by atoms with Crippen LogP contribution in [-0.2, 0) is 16.0 Å². The second-order valence-corrected chi connectivity index (χ2v) is 9.51. The van der Waals surface area contributed by atoms with E-state index in [9.17, 15) is 14.7 Å². The van der Waals surface area contributed by atoms with Gasteiger partial charge in [-0.3, -0.25) is 9.59 Å². The minimum absolute atomic E-state index is 0.0105. The predicted molar refractivity (Wildman–Crippen MR) is 124 cm³/mol. The molecule has 2 atom stereocenters. The summed E-state index contributed by atoms with van der Waals surface area (Å²) in [5, 5.41) is 10.4. The van der Waals surface area contributed by atoms with E-state index in [0.717, 1.165) is 11.1 Å². The van der Waals surface area contributed by atoms with Crippen molar-refractivity contribution in [2.45, 2.75) is 38.3 Å². The van der Waals surface area contributed by atoms with E-state index in [-0.39, 0.29) is 43.2 Å². The molecule has 4 rings (SSSR count). The Morgan fingerprint density at radius 2 is 1.97 bits per heavy atom. The maximum Gasteiger partial charge on any atom is 0.227 e. The van der Waals surface area contributed by atoms with E-state index < -0.39 is 5.60 Å². The van der Waals surface area contributed by atoms with Crippen LogP contribution in [0.3, 0.4) is 0 Å². The summed E-state index contributed by atoms with van der Waals surface area (Å²) in [6, 6.07) is 15.1. The Morgan fingerprint density at radius 3 is 2.67 bits per heavy atom. The Labute approximate surface area is 194 Å². The molecular formula is C26H32N2O5. The third kappa shape index (κ3) is 5.30. The number of carbonyl (C=O) groups excluding carboxylic acids is 2. The molecule has 0 bridgehead atoms. The summed E-state index contributed by atoms with van der Waals surface area (Å²) in [7, 11) is 1.61. The van der Waals surface area contributed by atoms with Crippen LogP contribution in [0.5, 0.6) is 11.5 Å². The molecule has 1 N–H and O–H groups in total. The van der Waals surface area contributed by atoms with Crippen LogP contribution in [0.4, 0.5) is 0 Å². The summed E-state index contributed by atoms with van der Waals surface area (Å²) < 4.78 is 11.4. The summed E-state index contributed by atoms with van der Waals surface area (Å²) in [6.07, 6.45) is 0.490. The summed E-state index contributed by atoms with van der Waals surface area (Å²) in [6.45, 7) is 4.74. The highest BCUT2D eigenvalue weighted by atomic mass is 16.5. The second kappa shape index (κ2) is 9.43. The molecule has 1 saturated heterocycles. The molecular weight excluding hydrogens is 420 g/mol. The number of nitrogens with zero attached hydrogens (tertiary/aromatic N) is 2. The zero-order valence-corrected chi connectivity index (χ0v) is 19.5. The van der Waals surface area contributed by atoms with Crippen molar-refractivity contribution in [3.63, 3.8) is 0 Å². The zero-order chi connectivity index (χ0) is 23.6. The average molecular weight is 453 g/mol. The van der Waals surface area contributed by atoms with Gasteiger partial charge in [-0.25, -0.2) is 0 Å². The van der Waals surface area contributed by atoms with Gasteiger partial charge in [-0.15, -0.1) is 0 Å². The molecule has 7 heteroatoms. The number of rotatable bonds is 5. The molecule has 2 aromatic rings. The summed E-state index contributed by atoms with van der Waals surface area (Å²) >= 11 is 0. The van der Waals surface area contributed by atoms with Gasteiger partial charge in [0.05, 0.1) is 31.8 Å².